The maximum atomic E-state index is 12.1. The molecule has 0 atom stereocenters. The van der Waals surface area contributed by atoms with E-state index in [1.165, 1.54) is 6.92 Å². The quantitative estimate of drug-likeness (QED) is 0.791. The van der Waals surface area contributed by atoms with Gasteiger partial charge in [-0.1, -0.05) is 0 Å². The van der Waals surface area contributed by atoms with Crippen LogP contribution in [-0.2, 0) is 11.2 Å². The second kappa shape index (κ2) is 8.15. The molecule has 5 heteroatoms. The fraction of sp³-hybridized carbons (Fsp3) is 0.263. The van der Waals surface area contributed by atoms with E-state index in [1.54, 1.807) is 44.6 Å². The van der Waals surface area contributed by atoms with E-state index in [4.69, 9.17) is 9.47 Å². The van der Waals surface area contributed by atoms with Crippen molar-refractivity contribution >= 4 is 17.4 Å². The number of ether oxygens (including phenoxy) is 2. The van der Waals surface area contributed by atoms with E-state index < -0.39 is 0 Å². The van der Waals surface area contributed by atoms with Crippen LogP contribution in [0.3, 0.4) is 0 Å². The first-order valence-electron chi connectivity index (χ1n) is 7.64. The molecule has 5 nitrogen and oxygen atoms in total. The van der Waals surface area contributed by atoms with Crippen molar-refractivity contribution in [3.8, 4) is 11.5 Å². The van der Waals surface area contributed by atoms with Crippen molar-refractivity contribution in [3.05, 3.63) is 53.6 Å². The minimum atomic E-state index is -0.0904. The maximum Gasteiger partial charge on any atom is 0.224 e. The lowest BCUT2D eigenvalue weighted by atomic mass is 10.1. The highest BCUT2D eigenvalue weighted by Gasteiger charge is 2.07. The van der Waals surface area contributed by atoms with E-state index in [9.17, 15) is 9.59 Å². The Labute approximate surface area is 141 Å². The molecule has 0 aliphatic carbocycles. The van der Waals surface area contributed by atoms with Crippen LogP contribution >= 0.6 is 0 Å². The Balaban J connectivity index is 1.94. The average molecular weight is 327 g/mol. The Bertz CT molecular complexity index is 700. The van der Waals surface area contributed by atoms with Gasteiger partial charge in [-0.3, -0.25) is 9.59 Å². The van der Waals surface area contributed by atoms with Gasteiger partial charge >= 0.3 is 0 Å². The van der Waals surface area contributed by atoms with E-state index in [0.717, 1.165) is 5.56 Å². The number of methoxy groups -OCH3 is 2. The molecule has 2 aromatic rings. The molecule has 0 aliphatic rings. The van der Waals surface area contributed by atoms with E-state index in [0.29, 0.717) is 35.6 Å². The number of ketones is 1. The molecule has 126 valence electrons. The van der Waals surface area contributed by atoms with E-state index >= 15 is 0 Å². The molecule has 1 N–H and O–H groups in total. The van der Waals surface area contributed by atoms with Gasteiger partial charge in [-0.15, -0.1) is 0 Å². The smallest absolute Gasteiger partial charge is 0.224 e. The Hall–Kier alpha value is -2.82. The van der Waals surface area contributed by atoms with Gasteiger partial charge in [-0.2, -0.15) is 0 Å². The van der Waals surface area contributed by atoms with Gasteiger partial charge in [0.1, 0.15) is 11.5 Å². The Kier molecular flexibility index (Phi) is 5.95. The SMILES string of the molecule is COc1cc(CCC(=O)Nc2ccc(C(C)=O)cc2)cc(OC)c1. The van der Waals surface area contributed by atoms with Crippen LogP contribution in [0.1, 0.15) is 29.3 Å². The Morgan fingerprint density at radius 3 is 2.04 bits per heavy atom. The molecule has 0 saturated carbocycles. The number of hydrogen-bond acceptors (Lipinski definition) is 4. The van der Waals surface area contributed by atoms with Gasteiger partial charge in [-0.25, -0.2) is 0 Å². The fourth-order valence-corrected chi connectivity index (χ4v) is 2.28. The van der Waals surface area contributed by atoms with E-state index in [1.807, 2.05) is 12.1 Å². The first kappa shape index (κ1) is 17.5. The molecule has 0 bridgehead atoms. The summed E-state index contributed by atoms with van der Waals surface area (Å²) in [6, 6.07) is 12.4. The lowest BCUT2D eigenvalue weighted by Crippen LogP contribution is -2.12. The summed E-state index contributed by atoms with van der Waals surface area (Å²) < 4.78 is 10.4. The van der Waals surface area contributed by atoms with Gasteiger partial charge in [-0.05, 0) is 55.3 Å². The van der Waals surface area contributed by atoms with Crippen LogP contribution in [0.5, 0.6) is 11.5 Å². The van der Waals surface area contributed by atoms with Crippen molar-refractivity contribution in [2.75, 3.05) is 19.5 Å². The summed E-state index contributed by atoms with van der Waals surface area (Å²) in [6.07, 6.45) is 0.912. The van der Waals surface area contributed by atoms with Crippen LogP contribution < -0.4 is 14.8 Å². The van der Waals surface area contributed by atoms with E-state index in [-0.39, 0.29) is 11.7 Å². The van der Waals surface area contributed by atoms with Crippen molar-refractivity contribution in [1.29, 1.82) is 0 Å². The summed E-state index contributed by atoms with van der Waals surface area (Å²) in [6.45, 7) is 1.51. The third-order valence-corrected chi connectivity index (χ3v) is 3.63. The number of benzene rings is 2. The largest absolute Gasteiger partial charge is 0.497 e. The fourth-order valence-electron chi connectivity index (χ4n) is 2.28. The molecule has 0 heterocycles. The van der Waals surface area contributed by atoms with Gasteiger partial charge < -0.3 is 14.8 Å². The van der Waals surface area contributed by atoms with Crippen molar-refractivity contribution in [3.63, 3.8) is 0 Å². The van der Waals surface area contributed by atoms with Crippen LogP contribution in [0.2, 0.25) is 0 Å². The first-order chi connectivity index (χ1) is 11.5. The number of hydrogen-bond donors (Lipinski definition) is 1. The average Bonchev–Trinajstić information content (AvgIpc) is 2.60. The lowest BCUT2D eigenvalue weighted by molar-refractivity contribution is -0.116. The zero-order valence-corrected chi connectivity index (χ0v) is 14.1. The predicted molar refractivity (Wildman–Crippen MR) is 92.9 cm³/mol. The van der Waals surface area contributed by atoms with E-state index in [2.05, 4.69) is 5.32 Å². The Morgan fingerprint density at radius 2 is 1.54 bits per heavy atom. The molecule has 0 aliphatic heterocycles. The minimum Gasteiger partial charge on any atom is -0.497 e. The van der Waals surface area contributed by atoms with Gasteiger partial charge in [0.25, 0.3) is 0 Å². The van der Waals surface area contributed by atoms with Crippen molar-refractivity contribution in [2.45, 2.75) is 19.8 Å². The van der Waals surface area contributed by atoms with Crippen molar-refractivity contribution in [1.82, 2.24) is 0 Å². The zero-order chi connectivity index (χ0) is 17.5. The summed E-state index contributed by atoms with van der Waals surface area (Å²) in [5, 5.41) is 2.82. The topological polar surface area (TPSA) is 64.6 Å². The number of carbonyl (C=O) groups is 2. The number of nitrogens with one attached hydrogen (secondary N) is 1. The van der Waals surface area contributed by atoms with Crippen LogP contribution in [0.25, 0.3) is 0 Å². The molecule has 0 spiro atoms. The number of Topliss-reactive ketones (excluding diaryl/α,β-unsaturated/α-hetero) is 1. The third kappa shape index (κ3) is 4.84. The van der Waals surface area contributed by atoms with Crippen molar-refractivity contribution in [2.24, 2.45) is 0 Å². The predicted octanol–water partition coefficient (Wildman–Crippen LogP) is 3.48. The summed E-state index contributed by atoms with van der Waals surface area (Å²) in [4.78, 5) is 23.3. The third-order valence-electron chi connectivity index (χ3n) is 3.63. The molecule has 0 fully saturated rings. The molecule has 0 saturated heterocycles. The summed E-state index contributed by atoms with van der Waals surface area (Å²) in [5.74, 6) is 1.31. The molecule has 2 rings (SSSR count). The normalized spacial score (nSPS) is 10.1. The molecule has 1 amide bonds. The van der Waals surface area contributed by atoms with Gasteiger partial charge in [0, 0.05) is 23.7 Å². The molecule has 0 aromatic heterocycles. The molecule has 24 heavy (non-hydrogen) atoms. The number of amides is 1. The number of aryl methyl sites for hydroxylation is 1. The highest BCUT2D eigenvalue weighted by molar-refractivity contribution is 5.95. The molecule has 0 radical (unpaired) electrons. The van der Waals surface area contributed by atoms with Gasteiger partial charge in [0.2, 0.25) is 5.91 Å². The zero-order valence-electron chi connectivity index (χ0n) is 14.1. The van der Waals surface area contributed by atoms with Crippen LogP contribution in [0.15, 0.2) is 42.5 Å². The highest BCUT2D eigenvalue weighted by atomic mass is 16.5. The maximum absolute atomic E-state index is 12.1. The van der Waals surface area contributed by atoms with Crippen LogP contribution in [0, 0.1) is 0 Å². The molecular formula is C19H21NO4. The Morgan fingerprint density at radius 1 is 0.958 bits per heavy atom. The minimum absolute atomic E-state index is 0.000140. The number of rotatable bonds is 7. The second-order valence-electron chi connectivity index (χ2n) is 5.40. The van der Waals surface area contributed by atoms with Gasteiger partial charge in [0.15, 0.2) is 5.78 Å². The first-order valence-corrected chi connectivity index (χ1v) is 7.64. The molecular weight excluding hydrogens is 306 g/mol. The van der Waals surface area contributed by atoms with Gasteiger partial charge in [0.05, 0.1) is 14.2 Å². The summed E-state index contributed by atoms with van der Waals surface area (Å²) in [7, 11) is 3.19. The van der Waals surface area contributed by atoms with Crippen LogP contribution in [-0.4, -0.2) is 25.9 Å². The monoisotopic (exact) mass is 327 g/mol. The number of carbonyl (C=O) groups excluding carboxylic acids is 2. The van der Waals surface area contributed by atoms with Crippen LogP contribution in [0.4, 0.5) is 5.69 Å². The summed E-state index contributed by atoms with van der Waals surface area (Å²) >= 11 is 0. The number of anilines is 1. The highest BCUT2D eigenvalue weighted by Crippen LogP contribution is 2.23. The lowest BCUT2D eigenvalue weighted by Gasteiger charge is -2.09. The molecule has 2 aromatic carbocycles. The summed E-state index contributed by atoms with van der Waals surface area (Å²) in [5.41, 5.74) is 2.26. The molecule has 0 unspecified atom stereocenters. The van der Waals surface area contributed by atoms with Crippen molar-refractivity contribution < 1.29 is 19.1 Å². The second-order valence-corrected chi connectivity index (χ2v) is 5.40. The standard InChI is InChI=1S/C19H21NO4/c1-13(21)15-5-7-16(8-6-15)20-19(22)9-4-14-10-17(23-2)12-18(11-14)24-3/h5-8,10-12H,4,9H2,1-3H3,(H,20,22).